The lowest BCUT2D eigenvalue weighted by Gasteiger charge is -2.18. The third kappa shape index (κ3) is 5.85. The van der Waals surface area contributed by atoms with E-state index < -0.39 is 16.1 Å². The number of anilines is 1. The molecular weight excluding hydrogens is 503 g/mol. The van der Waals surface area contributed by atoms with Gasteiger partial charge in [-0.05, 0) is 33.4 Å². The van der Waals surface area contributed by atoms with Gasteiger partial charge in [0.05, 0.1) is 16.1 Å². The minimum Gasteiger partial charge on any atom is -0.398 e. The Bertz CT molecular complexity index is 1480. The van der Waals surface area contributed by atoms with Crippen molar-refractivity contribution < 1.29 is 0 Å². The maximum absolute atomic E-state index is 6.79. The van der Waals surface area contributed by atoms with E-state index in [4.69, 9.17) is 5.73 Å². The van der Waals surface area contributed by atoms with Gasteiger partial charge < -0.3 is 5.73 Å². The van der Waals surface area contributed by atoms with Crippen LogP contribution in [0.5, 0.6) is 0 Å². The molecule has 0 heterocycles. The highest BCUT2D eigenvalue weighted by molar-refractivity contribution is 6.89. The first kappa shape index (κ1) is 26.9. The van der Waals surface area contributed by atoms with Crippen LogP contribution in [0.15, 0.2) is 115 Å². The van der Waals surface area contributed by atoms with Crippen molar-refractivity contribution in [1.82, 2.24) is 0 Å². The molecule has 0 amide bonds. The summed E-state index contributed by atoms with van der Waals surface area (Å²) in [5, 5.41) is 2.96. The SMILES string of the molecule is C[Si](C)(C)c1cccc(-c2ccc(-c3cccc(-c4ccc(-c5cccc([Si](C)(C)C)c5)cc4)c3N)cc2)c1. The van der Waals surface area contributed by atoms with Gasteiger partial charge in [-0.25, -0.2) is 0 Å². The van der Waals surface area contributed by atoms with E-state index in [1.165, 1.54) is 32.6 Å². The fourth-order valence-corrected chi connectivity index (χ4v) is 7.45. The van der Waals surface area contributed by atoms with Gasteiger partial charge in [-0.2, -0.15) is 0 Å². The molecule has 0 saturated heterocycles. The molecule has 0 aliphatic carbocycles. The average Bonchev–Trinajstić information content (AvgIpc) is 2.93. The lowest BCUT2D eigenvalue weighted by atomic mass is 9.94. The molecule has 0 unspecified atom stereocenters. The third-order valence-corrected chi connectivity index (χ3v) is 11.7. The summed E-state index contributed by atoms with van der Waals surface area (Å²) in [4.78, 5) is 0. The molecule has 0 spiro atoms. The number of benzene rings is 5. The maximum Gasteiger partial charge on any atom is 0.0776 e. The summed E-state index contributed by atoms with van der Waals surface area (Å²) in [6.07, 6.45) is 0. The van der Waals surface area contributed by atoms with Crippen LogP contribution in [-0.4, -0.2) is 16.1 Å². The highest BCUT2D eigenvalue weighted by atomic mass is 28.3. The van der Waals surface area contributed by atoms with Crippen LogP contribution >= 0.6 is 0 Å². The highest BCUT2D eigenvalue weighted by Crippen LogP contribution is 2.36. The van der Waals surface area contributed by atoms with Gasteiger partial charge >= 0.3 is 0 Å². The summed E-state index contributed by atoms with van der Waals surface area (Å²) in [5.41, 5.74) is 17.1. The van der Waals surface area contributed by atoms with Crippen molar-refractivity contribution in [2.75, 3.05) is 5.73 Å². The van der Waals surface area contributed by atoms with E-state index in [1.54, 1.807) is 0 Å². The zero-order valence-corrected chi connectivity index (χ0v) is 26.0. The van der Waals surface area contributed by atoms with E-state index in [2.05, 4.69) is 155 Å². The quantitative estimate of drug-likeness (QED) is 0.168. The van der Waals surface area contributed by atoms with Crippen LogP contribution in [0, 0.1) is 0 Å². The summed E-state index contributed by atoms with van der Waals surface area (Å²) in [6.45, 7) is 14.4. The summed E-state index contributed by atoms with van der Waals surface area (Å²) in [5.74, 6) is 0. The van der Waals surface area contributed by atoms with Crippen molar-refractivity contribution in [3.63, 3.8) is 0 Å². The van der Waals surface area contributed by atoms with Gasteiger partial charge in [0.2, 0.25) is 0 Å². The Balaban J connectivity index is 1.42. The van der Waals surface area contributed by atoms with Crippen molar-refractivity contribution in [1.29, 1.82) is 0 Å². The molecule has 0 aliphatic rings. The standard InChI is InChI=1S/C36H39NSi2/c1-38(2,3)32-12-7-10-30(24-32)26-16-20-28(21-17-26)34-14-9-15-35(36(34)37)29-22-18-27(19-23-29)31-11-8-13-33(25-31)39(4,5)6/h7-25H,37H2,1-6H3. The number of nitrogen functional groups attached to an aromatic ring is 1. The molecule has 0 fully saturated rings. The summed E-state index contributed by atoms with van der Waals surface area (Å²) < 4.78 is 0. The number of nitrogens with two attached hydrogens (primary N) is 1. The maximum atomic E-state index is 6.79. The molecule has 1 nitrogen and oxygen atoms in total. The minimum absolute atomic E-state index is 0.819. The number of hydrogen-bond donors (Lipinski definition) is 1. The normalized spacial score (nSPS) is 11.9. The Morgan fingerprint density at radius 2 is 0.718 bits per heavy atom. The Kier molecular flexibility index (Phi) is 7.23. The second-order valence-electron chi connectivity index (χ2n) is 12.6. The van der Waals surface area contributed by atoms with Gasteiger partial charge in [0.25, 0.3) is 0 Å². The van der Waals surface area contributed by atoms with Crippen molar-refractivity contribution in [2.45, 2.75) is 39.3 Å². The van der Waals surface area contributed by atoms with E-state index in [1.807, 2.05) is 0 Å². The third-order valence-electron chi connectivity index (χ3n) is 7.62. The van der Waals surface area contributed by atoms with Gasteiger partial charge in [-0.1, -0.05) is 165 Å². The molecule has 0 saturated carbocycles. The highest BCUT2D eigenvalue weighted by Gasteiger charge is 2.18. The van der Waals surface area contributed by atoms with Crippen LogP contribution in [0.1, 0.15) is 0 Å². The number of para-hydroxylation sites is 1. The van der Waals surface area contributed by atoms with Crippen LogP contribution < -0.4 is 16.1 Å². The molecule has 0 aromatic heterocycles. The number of rotatable bonds is 6. The molecule has 5 aromatic rings. The Hall–Kier alpha value is -3.67. The molecule has 5 rings (SSSR count). The van der Waals surface area contributed by atoms with E-state index in [-0.39, 0.29) is 0 Å². The fourth-order valence-electron chi connectivity index (χ4n) is 5.08. The molecule has 5 aromatic carbocycles. The first-order valence-corrected chi connectivity index (χ1v) is 20.8. The second kappa shape index (κ2) is 10.5. The van der Waals surface area contributed by atoms with Crippen molar-refractivity contribution in [3.05, 3.63) is 115 Å². The predicted molar refractivity (Wildman–Crippen MR) is 179 cm³/mol. The lowest BCUT2D eigenvalue weighted by molar-refractivity contribution is 1.56. The molecule has 0 atom stereocenters. The smallest absolute Gasteiger partial charge is 0.0776 e. The van der Waals surface area contributed by atoms with Crippen LogP contribution in [0.3, 0.4) is 0 Å². The lowest BCUT2D eigenvalue weighted by Crippen LogP contribution is -2.37. The number of hydrogen-bond acceptors (Lipinski definition) is 1. The van der Waals surface area contributed by atoms with Crippen LogP contribution in [-0.2, 0) is 0 Å². The van der Waals surface area contributed by atoms with Gasteiger partial charge in [0.1, 0.15) is 0 Å². The van der Waals surface area contributed by atoms with E-state index in [0.29, 0.717) is 0 Å². The zero-order chi connectivity index (χ0) is 27.8. The van der Waals surface area contributed by atoms with Gasteiger partial charge in [-0.15, -0.1) is 0 Å². The summed E-state index contributed by atoms with van der Waals surface area (Å²) >= 11 is 0. The Labute approximate surface area is 236 Å². The predicted octanol–water partition coefficient (Wildman–Crippen LogP) is 9.03. The molecule has 0 radical (unpaired) electrons. The minimum atomic E-state index is -1.36. The van der Waals surface area contributed by atoms with Crippen molar-refractivity contribution in [2.24, 2.45) is 0 Å². The fraction of sp³-hybridized carbons (Fsp3) is 0.167. The first-order valence-electron chi connectivity index (χ1n) is 13.8. The largest absolute Gasteiger partial charge is 0.398 e. The van der Waals surface area contributed by atoms with Crippen LogP contribution in [0.25, 0.3) is 44.5 Å². The monoisotopic (exact) mass is 541 g/mol. The van der Waals surface area contributed by atoms with E-state index in [9.17, 15) is 0 Å². The molecule has 196 valence electrons. The van der Waals surface area contributed by atoms with E-state index >= 15 is 0 Å². The van der Waals surface area contributed by atoms with Gasteiger partial charge in [0, 0.05) is 16.8 Å². The van der Waals surface area contributed by atoms with Crippen LogP contribution in [0.4, 0.5) is 5.69 Å². The zero-order valence-electron chi connectivity index (χ0n) is 24.0. The van der Waals surface area contributed by atoms with E-state index in [0.717, 1.165) is 27.9 Å². The van der Waals surface area contributed by atoms with Crippen molar-refractivity contribution in [3.8, 4) is 44.5 Å². The molecule has 2 N–H and O–H groups in total. The molecule has 3 heteroatoms. The van der Waals surface area contributed by atoms with Gasteiger partial charge in [-0.3, -0.25) is 0 Å². The molecule has 0 bridgehead atoms. The van der Waals surface area contributed by atoms with Crippen molar-refractivity contribution >= 4 is 32.2 Å². The first-order chi connectivity index (χ1) is 18.5. The average molecular weight is 542 g/mol. The second-order valence-corrected chi connectivity index (χ2v) is 22.7. The molecular formula is C36H39NSi2. The molecule has 0 aliphatic heterocycles. The van der Waals surface area contributed by atoms with Crippen LogP contribution in [0.2, 0.25) is 39.3 Å². The Morgan fingerprint density at radius 1 is 0.385 bits per heavy atom. The molecule has 39 heavy (non-hydrogen) atoms. The Morgan fingerprint density at radius 3 is 1.08 bits per heavy atom. The van der Waals surface area contributed by atoms with Gasteiger partial charge in [0.15, 0.2) is 0 Å². The summed E-state index contributed by atoms with van der Waals surface area (Å²) in [7, 11) is -2.71. The summed E-state index contributed by atoms with van der Waals surface area (Å²) in [6, 6.07) is 42.1. The topological polar surface area (TPSA) is 26.0 Å².